The first-order valence-electron chi connectivity index (χ1n) is 9.25. The van der Waals surface area contributed by atoms with E-state index >= 15 is 0 Å². The number of nitrogens with zero attached hydrogens (tertiary/aromatic N) is 2. The molecule has 3 aromatic rings. The standard InChI is InChI=1S/C22H24N2O3/c1-3-7-18-15-23(4-2)22(27)24(18)14-16-10-12-17(13-11-16)19-8-5-6-9-20(19)21(25)26/h5-6,8-13,15H,3-4,7,14H2,1-2H3,(H,25,26). The average molecular weight is 364 g/mol. The highest BCUT2D eigenvalue weighted by atomic mass is 16.4. The Bertz CT molecular complexity index is 997. The van der Waals surface area contributed by atoms with Crippen molar-refractivity contribution in [2.24, 2.45) is 0 Å². The van der Waals surface area contributed by atoms with E-state index in [0.717, 1.165) is 29.7 Å². The van der Waals surface area contributed by atoms with E-state index in [2.05, 4.69) is 6.92 Å². The van der Waals surface area contributed by atoms with Gasteiger partial charge in [0.2, 0.25) is 0 Å². The molecule has 1 heterocycles. The van der Waals surface area contributed by atoms with E-state index < -0.39 is 5.97 Å². The molecule has 0 atom stereocenters. The lowest BCUT2D eigenvalue weighted by molar-refractivity contribution is 0.0697. The molecule has 0 saturated carbocycles. The topological polar surface area (TPSA) is 64.2 Å². The predicted molar refractivity (Wildman–Crippen MR) is 106 cm³/mol. The Labute approximate surface area is 158 Å². The number of hydrogen-bond donors (Lipinski definition) is 1. The van der Waals surface area contributed by atoms with Gasteiger partial charge in [0.05, 0.1) is 12.1 Å². The Morgan fingerprint density at radius 3 is 2.37 bits per heavy atom. The highest BCUT2D eigenvalue weighted by Crippen LogP contribution is 2.24. The van der Waals surface area contributed by atoms with Gasteiger partial charge in [0.1, 0.15) is 0 Å². The van der Waals surface area contributed by atoms with Crippen LogP contribution in [0.2, 0.25) is 0 Å². The van der Waals surface area contributed by atoms with Gasteiger partial charge in [0, 0.05) is 18.4 Å². The van der Waals surface area contributed by atoms with Gasteiger partial charge in [0.25, 0.3) is 0 Å². The molecule has 0 aliphatic carbocycles. The van der Waals surface area contributed by atoms with Crippen LogP contribution in [0.5, 0.6) is 0 Å². The lowest BCUT2D eigenvalue weighted by atomic mass is 9.99. The minimum atomic E-state index is -0.939. The smallest absolute Gasteiger partial charge is 0.336 e. The third kappa shape index (κ3) is 3.87. The Balaban J connectivity index is 1.91. The van der Waals surface area contributed by atoms with Crippen LogP contribution in [0.15, 0.2) is 59.5 Å². The van der Waals surface area contributed by atoms with Crippen molar-refractivity contribution in [3.8, 4) is 11.1 Å². The summed E-state index contributed by atoms with van der Waals surface area (Å²) in [6, 6.07) is 14.7. The summed E-state index contributed by atoms with van der Waals surface area (Å²) in [7, 11) is 0. The number of aryl methyl sites for hydroxylation is 2. The fourth-order valence-electron chi connectivity index (χ4n) is 3.33. The minimum absolute atomic E-state index is 0.0150. The number of rotatable bonds is 7. The Morgan fingerprint density at radius 1 is 1.04 bits per heavy atom. The molecule has 0 fully saturated rings. The number of carboxylic acids is 1. The maximum atomic E-state index is 12.6. The lowest BCUT2D eigenvalue weighted by Crippen LogP contribution is -2.25. The first-order chi connectivity index (χ1) is 13.0. The molecule has 1 aromatic heterocycles. The van der Waals surface area contributed by atoms with Gasteiger partial charge in [-0.1, -0.05) is 55.8 Å². The summed E-state index contributed by atoms with van der Waals surface area (Å²) >= 11 is 0. The number of aromatic carboxylic acids is 1. The molecule has 0 unspecified atom stereocenters. The van der Waals surface area contributed by atoms with E-state index in [9.17, 15) is 14.7 Å². The fraction of sp³-hybridized carbons (Fsp3) is 0.273. The second-order valence-corrected chi connectivity index (χ2v) is 6.57. The zero-order valence-corrected chi connectivity index (χ0v) is 15.7. The Morgan fingerprint density at radius 2 is 1.74 bits per heavy atom. The summed E-state index contributed by atoms with van der Waals surface area (Å²) < 4.78 is 3.57. The van der Waals surface area contributed by atoms with Crippen molar-refractivity contribution in [2.75, 3.05) is 0 Å². The van der Waals surface area contributed by atoms with Crippen molar-refractivity contribution in [2.45, 2.75) is 39.8 Å². The zero-order chi connectivity index (χ0) is 19.4. The summed E-state index contributed by atoms with van der Waals surface area (Å²) in [5.41, 5.74) is 3.90. The van der Waals surface area contributed by atoms with E-state index in [-0.39, 0.29) is 11.3 Å². The van der Waals surface area contributed by atoms with Crippen molar-refractivity contribution in [3.63, 3.8) is 0 Å². The van der Waals surface area contributed by atoms with Gasteiger partial charge in [-0.2, -0.15) is 0 Å². The van der Waals surface area contributed by atoms with E-state index in [4.69, 9.17) is 0 Å². The molecule has 5 heteroatoms. The molecule has 1 N–H and O–H groups in total. The maximum Gasteiger partial charge on any atom is 0.336 e. The van der Waals surface area contributed by atoms with Crippen LogP contribution in [0.3, 0.4) is 0 Å². The summed E-state index contributed by atoms with van der Waals surface area (Å²) in [4.78, 5) is 24.0. The summed E-state index contributed by atoms with van der Waals surface area (Å²) in [5, 5.41) is 9.37. The molecule has 5 nitrogen and oxygen atoms in total. The Kier molecular flexibility index (Phi) is 5.60. The third-order valence-corrected chi connectivity index (χ3v) is 4.74. The van der Waals surface area contributed by atoms with E-state index in [0.29, 0.717) is 18.7 Å². The minimum Gasteiger partial charge on any atom is -0.478 e. The molecule has 3 rings (SSSR count). The molecule has 0 aliphatic heterocycles. The summed E-state index contributed by atoms with van der Waals surface area (Å²) in [5.74, 6) is -0.939. The number of imidazole rings is 1. The van der Waals surface area contributed by atoms with Crippen LogP contribution in [-0.2, 0) is 19.5 Å². The highest BCUT2D eigenvalue weighted by Gasteiger charge is 2.12. The monoisotopic (exact) mass is 364 g/mol. The number of benzene rings is 2. The summed E-state index contributed by atoms with van der Waals surface area (Å²) in [6.07, 6.45) is 3.80. The van der Waals surface area contributed by atoms with Gasteiger partial charge in [-0.3, -0.25) is 9.13 Å². The van der Waals surface area contributed by atoms with Crippen LogP contribution in [0.1, 0.15) is 41.9 Å². The molecule has 0 bridgehead atoms. The first kappa shape index (κ1) is 18.7. The largest absolute Gasteiger partial charge is 0.478 e. The number of aromatic nitrogens is 2. The molecule has 0 amide bonds. The van der Waals surface area contributed by atoms with Crippen molar-refractivity contribution in [1.82, 2.24) is 9.13 Å². The van der Waals surface area contributed by atoms with Crippen LogP contribution in [0, 0.1) is 0 Å². The molecule has 27 heavy (non-hydrogen) atoms. The van der Waals surface area contributed by atoms with E-state index in [1.807, 2.05) is 54.1 Å². The lowest BCUT2D eigenvalue weighted by Gasteiger charge is -2.09. The molecule has 0 radical (unpaired) electrons. The number of carboxylic acid groups (broad SMARTS) is 1. The molecule has 2 aromatic carbocycles. The number of carbonyl (C=O) groups is 1. The first-order valence-corrected chi connectivity index (χ1v) is 9.25. The van der Waals surface area contributed by atoms with Crippen LogP contribution in [-0.4, -0.2) is 20.2 Å². The molecular formula is C22H24N2O3. The quantitative estimate of drug-likeness (QED) is 0.688. The van der Waals surface area contributed by atoms with Crippen LogP contribution in [0.4, 0.5) is 0 Å². The maximum absolute atomic E-state index is 12.6. The van der Waals surface area contributed by atoms with Gasteiger partial charge in [-0.25, -0.2) is 9.59 Å². The highest BCUT2D eigenvalue weighted by molar-refractivity contribution is 5.95. The second kappa shape index (κ2) is 8.08. The fourth-order valence-corrected chi connectivity index (χ4v) is 3.33. The molecule has 140 valence electrons. The van der Waals surface area contributed by atoms with Crippen molar-refractivity contribution >= 4 is 5.97 Å². The Hall–Kier alpha value is -3.08. The van der Waals surface area contributed by atoms with Crippen molar-refractivity contribution in [3.05, 3.63) is 82.0 Å². The molecule has 0 saturated heterocycles. The molecule has 0 aliphatic rings. The van der Waals surface area contributed by atoms with Gasteiger partial charge >= 0.3 is 11.7 Å². The predicted octanol–water partition coefficient (Wildman–Crippen LogP) is 4.04. The molecule has 0 spiro atoms. The van der Waals surface area contributed by atoms with Crippen LogP contribution in [0.25, 0.3) is 11.1 Å². The van der Waals surface area contributed by atoms with Gasteiger partial charge in [-0.05, 0) is 36.1 Å². The second-order valence-electron chi connectivity index (χ2n) is 6.57. The number of hydrogen-bond acceptors (Lipinski definition) is 2. The third-order valence-electron chi connectivity index (χ3n) is 4.74. The molecular weight excluding hydrogens is 340 g/mol. The average Bonchev–Trinajstić information content (AvgIpc) is 2.98. The van der Waals surface area contributed by atoms with E-state index in [1.165, 1.54) is 0 Å². The van der Waals surface area contributed by atoms with Crippen molar-refractivity contribution in [1.29, 1.82) is 0 Å². The zero-order valence-electron chi connectivity index (χ0n) is 15.7. The van der Waals surface area contributed by atoms with Gasteiger partial charge < -0.3 is 5.11 Å². The van der Waals surface area contributed by atoms with Crippen molar-refractivity contribution < 1.29 is 9.90 Å². The van der Waals surface area contributed by atoms with Gasteiger partial charge in [0.15, 0.2) is 0 Å². The van der Waals surface area contributed by atoms with Crippen LogP contribution < -0.4 is 5.69 Å². The SMILES string of the molecule is CCCc1cn(CC)c(=O)n1Cc1ccc(-c2ccccc2C(=O)O)cc1. The van der Waals surface area contributed by atoms with E-state index in [1.54, 1.807) is 16.7 Å². The van der Waals surface area contributed by atoms with Crippen LogP contribution >= 0.6 is 0 Å². The normalized spacial score (nSPS) is 10.9. The summed E-state index contributed by atoms with van der Waals surface area (Å²) in [6.45, 7) is 5.25. The van der Waals surface area contributed by atoms with Gasteiger partial charge in [-0.15, -0.1) is 0 Å².